The van der Waals surface area contributed by atoms with Gasteiger partial charge >= 0.3 is 5.97 Å². The van der Waals surface area contributed by atoms with Crippen molar-refractivity contribution in [2.45, 2.75) is 39.3 Å². The van der Waals surface area contributed by atoms with E-state index in [0.29, 0.717) is 6.54 Å². The van der Waals surface area contributed by atoms with E-state index in [0.717, 1.165) is 0 Å². The summed E-state index contributed by atoms with van der Waals surface area (Å²) < 4.78 is 27.5. The lowest BCUT2D eigenvalue weighted by Crippen LogP contribution is -2.51. The standard InChI is InChI=1S/C14H19F2NO2/c1-5-17(14(3,4)13(18)19)9(2)12-10(15)7-6-8-11(12)16/h6-9H,5H2,1-4H3,(H,18,19). The van der Waals surface area contributed by atoms with E-state index < -0.39 is 29.2 Å². The maximum Gasteiger partial charge on any atom is 0.323 e. The van der Waals surface area contributed by atoms with Gasteiger partial charge < -0.3 is 5.11 Å². The van der Waals surface area contributed by atoms with Crippen LogP contribution in [0, 0.1) is 11.6 Å². The monoisotopic (exact) mass is 271 g/mol. The summed E-state index contributed by atoms with van der Waals surface area (Å²) in [5, 5.41) is 9.25. The number of likely N-dealkylation sites (N-methyl/N-ethyl adjacent to an activating group) is 1. The fourth-order valence-corrected chi connectivity index (χ4v) is 2.34. The first-order valence-corrected chi connectivity index (χ1v) is 6.17. The van der Waals surface area contributed by atoms with Gasteiger partial charge in [-0.3, -0.25) is 9.69 Å². The van der Waals surface area contributed by atoms with E-state index in [4.69, 9.17) is 0 Å². The van der Waals surface area contributed by atoms with E-state index in [9.17, 15) is 18.7 Å². The number of nitrogens with zero attached hydrogens (tertiary/aromatic N) is 1. The van der Waals surface area contributed by atoms with E-state index in [2.05, 4.69) is 0 Å². The number of carboxylic acid groups (broad SMARTS) is 1. The Balaban J connectivity index is 3.23. The number of aliphatic carboxylic acids is 1. The lowest BCUT2D eigenvalue weighted by molar-refractivity contribution is -0.150. The molecule has 0 amide bonds. The minimum absolute atomic E-state index is 0.0984. The highest BCUT2D eigenvalue weighted by molar-refractivity contribution is 5.77. The van der Waals surface area contributed by atoms with Crippen molar-refractivity contribution < 1.29 is 18.7 Å². The van der Waals surface area contributed by atoms with Crippen molar-refractivity contribution >= 4 is 5.97 Å². The molecule has 3 nitrogen and oxygen atoms in total. The smallest absolute Gasteiger partial charge is 0.323 e. The molecule has 0 saturated heterocycles. The summed E-state index contributed by atoms with van der Waals surface area (Å²) >= 11 is 0. The molecular weight excluding hydrogens is 252 g/mol. The Morgan fingerprint density at radius 3 is 2.21 bits per heavy atom. The molecule has 1 atom stereocenters. The van der Waals surface area contributed by atoms with Crippen molar-refractivity contribution in [2.75, 3.05) is 6.54 Å². The summed E-state index contributed by atoms with van der Waals surface area (Å²) in [5.41, 5.74) is -1.30. The molecule has 1 N–H and O–H groups in total. The molecule has 0 saturated carbocycles. The van der Waals surface area contributed by atoms with Gasteiger partial charge in [0.25, 0.3) is 0 Å². The van der Waals surface area contributed by atoms with E-state index in [-0.39, 0.29) is 5.56 Å². The summed E-state index contributed by atoms with van der Waals surface area (Å²) in [6, 6.07) is 2.98. The van der Waals surface area contributed by atoms with Gasteiger partial charge in [0.2, 0.25) is 0 Å². The maximum absolute atomic E-state index is 13.8. The first-order chi connectivity index (χ1) is 8.73. The van der Waals surface area contributed by atoms with Gasteiger partial charge in [-0.2, -0.15) is 0 Å². The number of benzene rings is 1. The second kappa shape index (κ2) is 5.65. The van der Waals surface area contributed by atoms with Crippen LogP contribution in [0.1, 0.15) is 39.3 Å². The topological polar surface area (TPSA) is 40.5 Å². The lowest BCUT2D eigenvalue weighted by atomic mass is 9.96. The third-order valence-corrected chi connectivity index (χ3v) is 3.47. The molecule has 1 aromatic carbocycles. The number of carboxylic acids is 1. The maximum atomic E-state index is 13.8. The first kappa shape index (κ1) is 15.6. The van der Waals surface area contributed by atoms with Crippen LogP contribution in [0.4, 0.5) is 8.78 Å². The van der Waals surface area contributed by atoms with Crippen LogP contribution in [0.5, 0.6) is 0 Å². The zero-order chi connectivity index (χ0) is 14.8. The number of hydrogen-bond acceptors (Lipinski definition) is 2. The zero-order valence-electron chi connectivity index (χ0n) is 11.6. The minimum Gasteiger partial charge on any atom is -0.480 e. The van der Waals surface area contributed by atoms with Crippen LogP contribution in [-0.4, -0.2) is 28.1 Å². The summed E-state index contributed by atoms with van der Waals surface area (Å²) in [5.74, 6) is -2.35. The Kier molecular flexibility index (Phi) is 4.63. The molecule has 1 unspecified atom stereocenters. The summed E-state index contributed by atoms with van der Waals surface area (Å²) in [7, 11) is 0. The molecule has 19 heavy (non-hydrogen) atoms. The van der Waals surface area contributed by atoms with Gasteiger partial charge in [-0.15, -0.1) is 0 Å². The van der Waals surface area contributed by atoms with Gasteiger partial charge in [0.1, 0.15) is 17.2 Å². The minimum atomic E-state index is -1.21. The van der Waals surface area contributed by atoms with E-state index in [1.807, 2.05) is 0 Å². The lowest BCUT2D eigenvalue weighted by Gasteiger charge is -2.39. The molecule has 0 aliphatic carbocycles. The highest BCUT2D eigenvalue weighted by Gasteiger charge is 2.38. The van der Waals surface area contributed by atoms with Gasteiger partial charge in [-0.25, -0.2) is 8.78 Å². The van der Waals surface area contributed by atoms with Gasteiger partial charge in [0.05, 0.1) is 0 Å². The summed E-state index contributed by atoms with van der Waals surface area (Å²) in [6.07, 6.45) is 0. The summed E-state index contributed by atoms with van der Waals surface area (Å²) in [6.45, 7) is 6.78. The predicted molar refractivity (Wildman–Crippen MR) is 68.9 cm³/mol. The molecule has 0 fully saturated rings. The molecule has 106 valence electrons. The van der Waals surface area contributed by atoms with Crippen molar-refractivity contribution in [2.24, 2.45) is 0 Å². The molecule has 0 spiro atoms. The largest absolute Gasteiger partial charge is 0.480 e. The fourth-order valence-electron chi connectivity index (χ4n) is 2.34. The van der Waals surface area contributed by atoms with Crippen LogP contribution in [-0.2, 0) is 4.79 Å². The quantitative estimate of drug-likeness (QED) is 0.894. The van der Waals surface area contributed by atoms with Gasteiger partial charge in [-0.05, 0) is 39.4 Å². The van der Waals surface area contributed by atoms with Crippen LogP contribution in [0.15, 0.2) is 18.2 Å². The van der Waals surface area contributed by atoms with Gasteiger partial charge in [0, 0.05) is 11.6 Å². The second-order valence-corrected chi connectivity index (χ2v) is 4.96. The van der Waals surface area contributed by atoms with Crippen molar-refractivity contribution in [1.82, 2.24) is 4.90 Å². The van der Waals surface area contributed by atoms with Crippen LogP contribution < -0.4 is 0 Å². The molecule has 1 aromatic rings. The van der Waals surface area contributed by atoms with Crippen LogP contribution in [0.25, 0.3) is 0 Å². The van der Waals surface area contributed by atoms with Crippen molar-refractivity contribution in [3.8, 4) is 0 Å². The fraction of sp³-hybridized carbons (Fsp3) is 0.500. The Bertz CT molecular complexity index is 454. The number of halogens is 2. The van der Waals surface area contributed by atoms with Gasteiger partial charge in [0.15, 0.2) is 0 Å². The second-order valence-electron chi connectivity index (χ2n) is 4.96. The normalized spacial score (nSPS) is 13.6. The highest BCUT2D eigenvalue weighted by Crippen LogP contribution is 2.31. The number of carbonyl (C=O) groups is 1. The third-order valence-electron chi connectivity index (χ3n) is 3.47. The average molecular weight is 271 g/mol. The summed E-state index contributed by atoms with van der Waals surface area (Å²) in [4.78, 5) is 12.9. The van der Waals surface area contributed by atoms with E-state index >= 15 is 0 Å². The van der Waals surface area contributed by atoms with Crippen molar-refractivity contribution in [3.63, 3.8) is 0 Å². The Hall–Kier alpha value is -1.49. The molecule has 0 aromatic heterocycles. The van der Waals surface area contributed by atoms with E-state index in [1.54, 1.807) is 18.7 Å². The Morgan fingerprint density at radius 1 is 1.37 bits per heavy atom. The van der Waals surface area contributed by atoms with Crippen LogP contribution >= 0.6 is 0 Å². The van der Waals surface area contributed by atoms with Crippen LogP contribution in [0.3, 0.4) is 0 Å². The molecule has 0 aliphatic rings. The SMILES string of the molecule is CCN(C(C)c1c(F)cccc1F)C(C)(C)C(=O)O. The molecule has 0 radical (unpaired) electrons. The molecule has 0 heterocycles. The molecule has 0 bridgehead atoms. The zero-order valence-corrected chi connectivity index (χ0v) is 11.6. The Morgan fingerprint density at radius 2 is 1.84 bits per heavy atom. The first-order valence-electron chi connectivity index (χ1n) is 6.17. The average Bonchev–Trinajstić information content (AvgIpc) is 2.28. The predicted octanol–water partition coefficient (Wildman–Crippen LogP) is 3.21. The molecule has 1 rings (SSSR count). The molecule has 0 aliphatic heterocycles. The van der Waals surface area contributed by atoms with Crippen molar-refractivity contribution in [1.29, 1.82) is 0 Å². The third kappa shape index (κ3) is 2.92. The number of rotatable bonds is 5. The van der Waals surface area contributed by atoms with E-state index in [1.165, 1.54) is 32.0 Å². The van der Waals surface area contributed by atoms with Crippen LogP contribution in [0.2, 0.25) is 0 Å². The molecular formula is C14H19F2NO2. The number of hydrogen-bond donors (Lipinski definition) is 1. The van der Waals surface area contributed by atoms with Gasteiger partial charge in [-0.1, -0.05) is 13.0 Å². The molecule has 5 heteroatoms. The highest BCUT2D eigenvalue weighted by atomic mass is 19.1. The van der Waals surface area contributed by atoms with Crippen molar-refractivity contribution in [3.05, 3.63) is 35.4 Å². The Labute approximate surface area is 111 Å².